The normalized spacial score (nSPS) is 15.2. The van der Waals surface area contributed by atoms with Gasteiger partial charge >= 0.3 is 0 Å². The van der Waals surface area contributed by atoms with Crippen LogP contribution in [0.1, 0.15) is 11.1 Å². The zero-order valence-corrected chi connectivity index (χ0v) is 19.9. The number of aromatic nitrogens is 3. The number of amides is 1. The van der Waals surface area contributed by atoms with Crippen LogP contribution >= 0.6 is 11.8 Å². The molecule has 0 saturated carbocycles. The van der Waals surface area contributed by atoms with E-state index in [0.717, 1.165) is 16.8 Å². The molecule has 8 nitrogen and oxygen atoms in total. The maximum absolute atomic E-state index is 12.7. The zero-order chi connectivity index (χ0) is 23.3. The summed E-state index contributed by atoms with van der Waals surface area (Å²) < 4.78 is 28.5. The Kier molecular flexibility index (Phi) is 7.26. The van der Waals surface area contributed by atoms with E-state index in [2.05, 4.69) is 10.2 Å². The molecule has 4 rings (SSSR count). The van der Waals surface area contributed by atoms with Gasteiger partial charge in [-0.3, -0.25) is 9.36 Å². The molecule has 0 radical (unpaired) electrons. The van der Waals surface area contributed by atoms with Gasteiger partial charge in [-0.05, 0) is 30.2 Å². The molecule has 2 heterocycles. The predicted octanol–water partition coefficient (Wildman–Crippen LogP) is 2.81. The molecule has 0 atom stereocenters. The van der Waals surface area contributed by atoms with Crippen LogP contribution in [0.2, 0.25) is 0 Å². The van der Waals surface area contributed by atoms with Gasteiger partial charge in [0.25, 0.3) is 0 Å². The fourth-order valence-corrected chi connectivity index (χ4v) is 5.54. The quantitative estimate of drug-likeness (QED) is 0.480. The van der Waals surface area contributed by atoms with Crippen LogP contribution in [0, 0.1) is 6.92 Å². The predicted molar refractivity (Wildman–Crippen MR) is 129 cm³/mol. The van der Waals surface area contributed by atoms with Crippen molar-refractivity contribution in [3.05, 3.63) is 77.5 Å². The smallest absolute Gasteiger partial charge is 0.236 e. The Morgan fingerprint density at radius 2 is 1.73 bits per heavy atom. The molecule has 0 spiro atoms. The number of nitrogens with zero attached hydrogens (tertiary/aromatic N) is 5. The lowest BCUT2D eigenvalue weighted by Gasteiger charge is -2.33. The van der Waals surface area contributed by atoms with Crippen molar-refractivity contribution in [2.24, 2.45) is 0 Å². The topological polar surface area (TPSA) is 88.4 Å². The van der Waals surface area contributed by atoms with Crippen molar-refractivity contribution >= 4 is 33.8 Å². The van der Waals surface area contributed by atoms with E-state index in [1.807, 2.05) is 66.1 Å². The molecule has 172 valence electrons. The van der Waals surface area contributed by atoms with E-state index in [0.29, 0.717) is 18.2 Å². The highest BCUT2D eigenvalue weighted by molar-refractivity contribution is 7.99. The highest BCUT2D eigenvalue weighted by Crippen LogP contribution is 2.22. The number of carbonyl (C=O) groups excluding carboxylic acids is 1. The summed E-state index contributed by atoms with van der Waals surface area (Å²) in [4.78, 5) is 14.4. The Bertz CT molecular complexity index is 1230. The molecule has 0 unspecified atom stereocenters. The highest BCUT2D eigenvalue weighted by atomic mass is 32.2. The van der Waals surface area contributed by atoms with E-state index in [4.69, 9.17) is 0 Å². The van der Waals surface area contributed by atoms with Gasteiger partial charge < -0.3 is 4.90 Å². The Balaban J connectivity index is 1.31. The number of hydrogen-bond donors (Lipinski definition) is 0. The zero-order valence-electron chi connectivity index (χ0n) is 18.2. The van der Waals surface area contributed by atoms with Crippen molar-refractivity contribution in [3.8, 4) is 5.69 Å². The van der Waals surface area contributed by atoms with Gasteiger partial charge in [0.1, 0.15) is 6.33 Å². The van der Waals surface area contributed by atoms with E-state index < -0.39 is 10.0 Å². The molecule has 1 aliphatic heterocycles. The van der Waals surface area contributed by atoms with Gasteiger partial charge in [-0.1, -0.05) is 60.3 Å². The fourth-order valence-electron chi connectivity index (χ4n) is 3.55. The van der Waals surface area contributed by atoms with Crippen molar-refractivity contribution in [1.82, 2.24) is 24.0 Å². The molecule has 1 fully saturated rings. The van der Waals surface area contributed by atoms with Gasteiger partial charge in [0, 0.05) is 31.6 Å². The van der Waals surface area contributed by atoms with E-state index in [1.54, 1.807) is 17.3 Å². The summed E-state index contributed by atoms with van der Waals surface area (Å²) in [6, 6.07) is 17.2. The number of sulfonamides is 1. The summed E-state index contributed by atoms with van der Waals surface area (Å²) in [6.07, 6.45) is 3.23. The van der Waals surface area contributed by atoms with Crippen LogP contribution in [0.5, 0.6) is 0 Å². The third-order valence-corrected chi connectivity index (χ3v) is 7.89. The summed E-state index contributed by atoms with van der Waals surface area (Å²) >= 11 is 1.33. The maximum atomic E-state index is 12.7. The molecule has 0 aliphatic carbocycles. The van der Waals surface area contributed by atoms with Crippen LogP contribution in [0.4, 0.5) is 0 Å². The largest absolute Gasteiger partial charge is 0.339 e. The standard InChI is InChI=1S/C23H25N5O3S2/c1-19-7-5-6-10-21(19)28-18-24-25-23(28)32-17-22(29)26-12-14-27(15-13-26)33(30,31)16-11-20-8-3-2-4-9-20/h2-11,16,18H,12-15,17H2,1H3. The van der Waals surface area contributed by atoms with Gasteiger partial charge in [0.15, 0.2) is 5.16 Å². The SMILES string of the molecule is Cc1ccccc1-n1cnnc1SCC(=O)N1CCN(S(=O)(=O)C=Cc2ccccc2)CC1. The lowest BCUT2D eigenvalue weighted by atomic mass is 10.2. The van der Waals surface area contributed by atoms with Gasteiger partial charge in [0.05, 0.1) is 11.4 Å². The first-order chi connectivity index (χ1) is 15.9. The number of hydrogen-bond acceptors (Lipinski definition) is 6. The molecule has 2 aromatic carbocycles. The second-order valence-electron chi connectivity index (χ2n) is 7.60. The number of para-hydroxylation sites is 1. The minimum Gasteiger partial charge on any atom is -0.339 e. The third kappa shape index (κ3) is 5.70. The summed E-state index contributed by atoms with van der Waals surface area (Å²) in [5, 5.41) is 10.0. The Morgan fingerprint density at radius 3 is 2.45 bits per heavy atom. The molecule has 10 heteroatoms. The third-order valence-electron chi connectivity index (χ3n) is 5.40. The molecule has 33 heavy (non-hydrogen) atoms. The van der Waals surface area contributed by atoms with E-state index in [9.17, 15) is 13.2 Å². The van der Waals surface area contributed by atoms with Gasteiger partial charge in [-0.25, -0.2) is 8.42 Å². The monoisotopic (exact) mass is 483 g/mol. The van der Waals surface area contributed by atoms with Crippen molar-refractivity contribution in [3.63, 3.8) is 0 Å². The average Bonchev–Trinajstić information content (AvgIpc) is 3.31. The number of rotatable bonds is 7. The van der Waals surface area contributed by atoms with Crippen LogP contribution in [-0.4, -0.2) is 70.2 Å². The Morgan fingerprint density at radius 1 is 1.03 bits per heavy atom. The number of carbonyl (C=O) groups is 1. The lowest BCUT2D eigenvalue weighted by molar-refractivity contribution is -0.129. The van der Waals surface area contributed by atoms with Crippen molar-refractivity contribution in [2.45, 2.75) is 12.1 Å². The molecule has 3 aromatic rings. The molecular formula is C23H25N5O3S2. The van der Waals surface area contributed by atoms with Gasteiger partial charge in [0.2, 0.25) is 15.9 Å². The second kappa shape index (κ2) is 10.3. The molecule has 1 amide bonds. The summed E-state index contributed by atoms with van der Waals surface area (Å²) in [5.74, 6) is 0.168. The van der Waals surface area contributed by atoms with E-state index in [1.165, 1.54) is 21.5 Å². The minimum atomic E-state index is -3.53. The van der Waals surface area contributed by atoms with Crippen LogP contribution in [0.25, 0.3) is 11.8 Å². The molecule has 1 saturated heterocycles. The first-order valence-corrected chi connectivity index (χ1v) is 13.0. The Hall–Kier alpha value is -2.95. The van der Waals surface area contributed by atoms with Crippen molar-refractivity contribution in [2.75, 3.05) is 31.9 Å². The molecule has 1 aliphatic rings. The first-order valence-electron chi connectivity index (χ1n) is 10.5. The van der Waals surface area contributed by atoms with Crippen LogP contribution in [0.15, 0.2) is 71.5 Å². The number of benzene rings is 2. The van der Waals surface area contributed by atoms with Crippen LogP contribution < -0.4 is 0 Å². The van der Waals surface area contributed by atoms with Crippen LogP contribution in [-0.2, 0) is 14.8 Å². The first kappa shape index (κ1) is 23.2. The van der Waals surface area contributed by atoms with Crippen molar-refractivity contribution in [1.29, 1.82) is 0 Å². The van der Waals surface area contributed by atoms with E-state index >= 15 is 0 Å². The number of thioether (sulfide) groups is 1. The molecule has 1 aromatic heterocycles. The number of piperazine rings is 1. The fraction of sp³-hybridized carbons (Fsp3) is 0.261. The summed E-state index contributed by atoms with van der Waals surface area (Å²) in [6.45, 7) is 3.29. The highest BCUT2D eigenvalue weighted by Gasteiger charge is 2.27. The Labute approximate surface area is 198 Å². The second-order valence-corrected chi connectivity index (χ2v) is 10.4. The average molecular weight is 484 g/mol. The van der Waals surface area contributed by atoms with E-state index in [-0.39, 0.29) is 24.7 Å². The van der Waals surface area contributed by atoms with Gasteiger partial charge in [-0.15, -0.1) is 10.2 Å². The van der Waals surface area contributed by atoms with Gasteiger partial charge in [-0.2, -0.15) is 4.31 Å². The maximum Gasteiger partial charge on any atom is 0.236 e. The summed E-state index contributed by atoms with van der Waals surface area (Å²) in [5.41, 5.74) is 2.88. The van der Waals surface area contributed by atoms with Crippen molar-refractivity contribution < 1.29 is 13.2 Å². The molecular weight excluding hydrogens is 458 g/mol. The lowest BCUT2D eigenvalue weighted by Crippen LogP contribution is -2.50. The minimum absolute atomic E-state index is 0.0452. The summed E-state index contributed by atoms with van der Waals surface area (Å²) in [7, 11) is -3.53. The number of aryl methyl sites for hydroxylation is 1. The van der Waals surface area contributed by atoms with Crippen LogP contribution in [0.3, 0.4) is 0 Å². The molecule has 0 N–H and O–H groups in total. The molecule has 0 bridgehead atoms.